The fourth-order valence-electron chi connectivity index (χ4n) is 2.53. The molecule has 0 atom stereocenters. The van der Waals surface area contributed by atoms with Crippen molar-refractivity contribution in [1.29, 1.82) is 0 Å². The van der Waals surface area contributed by atoms with Gasteiger partial charge in [0.1, 0.15) is 10.00 Å². The fraction of sp³-hybridized carbons (Fsp3) is 0.105. The zero-order valence-electron chi connectivity index (χ0n) is 14.5. The van der Waals surface area contributed by atoms with Gasteiger partial charge in [0.2, 0.25) is 0 Å². The summed E-state index contributed by atoms with van der Waals surface area (Å²) in [6, 6.07) is 8.73. The standard InChI is InChI=1S/C19H12Cl4N2O2S2/c20-12-3-1-9(5-14(12)22)7-24-18(28)11-2-4-13(21)17(23)16(11)19-25-10(8-29-19)6-15(26)27/h1-5,8H,6-7H2,(H,24,28)(H,26,27). The summed E-state index contributed by atoms with van der Waals surface area (Å²) in [5, 5.41) is 16.0. The summed E-state index contributed by atoms with van der Waals surface area (Å²) in [6.07, 6.45) is -0.177. The third kappa shape index (κ3) is 5.40. The number of aromatic nitrogens is 1. The highest BCUT2D eigenvalue weighted by Crippen LogP contribution is 2.38. The van der Waals surface area contributed by atoms with Crippen LogP contribution in [0.25, 0.3) is 10.6 Å². The average Bonchev–Trinajstić information content (AvgIpc) is 3.11. The Bertz CT molecular complexity index is 1100. The lowest BCUT2D eigenvalue weighted by Gasteiger charge is -2.14. The summed E-state index contributed by atoms with van der Waals surface area (Å²) < 4.78 is 0. The van der Waals surface area contributed by atoms with Crippen LogP contribution in [0.5, 0.6) is 0 Å². The molecule has 0 aliphatic carbocycles. The zero-order chi connectivity index (χ0) is 21.1. The maximum atomic E-state index is 10.9. The Hall–Kier alpha value is -1.41. The summed E-state index contributed by atoms with van der Waals surface area (Å²) in [5.41, 5.74) is 2.55. The summed E-state index contributed by atoms with van der Waals surface area (Å²) in [6.45, 7) is 0.428. The van der Waals surface area contributed by atoms with E-state index in [2.05, 4.69) is 10.3 Å². The molecule has 4 nitrogen and oxygen atoms in total. The number of hydrogen-bond acceptors (Lipinski definition) is 4. The van der Waals surface area contributed by atoms with Crippen LogP contribution in [-0.2, 0) is 17.8 Å². The Labute approximate surface area is 196 Å². The van der Waals surface area contributed by atoms with Crippen LogP contribution in [0.4, 0.5) is 0 Å². The van der Waals surface area contributed by atoms with Crippen molar-refractivity contribution in [3.8, 4) is 10.6 Å². The van der Waals surface area contributed by atoms with Gasteiger partial charge in [0.05, 0.1) is 32.2 Å². The first-order valence-corrected chi connectivity index (χ1v) is 10.9. The maximum Gasteiger partial charge on any atom is 0.309 e. The van der Waals surface area contributed by atoms with Gasteiger partial charge in [0, 0.05) is 23.1 Å². The molecule has 2 aromatic carbocycles. The molecule has 10 heteroatoms. The molecular formula is C19H12Cl4N2O2S2. The number of carboxylic acids is 1. The molecular weight excluding hydrogens is 494 g/mol. The van der Waals surface area contributed by atoms with Crippen molar-refractivity contribution in [3.05, 3.63) is 72.6 Å². The van der Waals surface area contributed by atoms with E-state index in [9.17, 15) is 4.79 Å². The van der Waals surface area contributed by atoms with E-state index < -0.39 is 5.97 Å². The smallest absolute Gasteiger partial charge is 0.309 e. The van der Waals surface area contributed by atoms with E-state index in [-0.39, 0.29) is 6.42 Å². The predicted octanol–water partition coefficient (Wildman–Crippen LogP) is 6.52. The predicted molar refractivity (Wildman–Crippen MR) is 124 cm³/mol. The molecule has 29 heavy (non-hydrogen) atoms. The quantitative estimate of drug-likeness (QED) is 0.373. The molecule has 0 spiro atoms. The summed E-state index contributed by atoms with van der Waals surface area (Å²) >= 11 is 31.5. The molecule has 0 unspecified atom stereocenters. The van der Waals surface area contributed by atoms with Crippen molar-refractivity contribution in [2.45, 2.75) is 13.0 Å². The average molecular weight is 506 g/mol. The van der Waals surface area contributed by atoms with E-state index in [1.165, 1.54) is 11.3 Å². The second-order valence-corrected chi connectivity index (χ2v) is 8.80. The molecule has 0 amide bonds. The lowest BCUT2D eigenvalue weighted by molar-refractivity contribution is -0.136. The van der Waals surface area contributed by atoms with E-state index in [4.69, 9.17) is 63.7 Å². The van der Waals surface area contributed by atoms with Crippen molar-refractivity contribution in [2.24, 2.45) is 0 Å². The van der Waals surface area contributed by atoms with Crippen LogP contribution >= 0.6 is 70.0 Å². The maximum absolute atomic E-state index is 10.9. The van der Waals surface area contributed by atoms with Gasteiger partial charge in [-0.3, -0.25) is 4.79 Å². The van der Waals surface area contributed by atoms with E-state index in [1.54, 1.807) is 29.6 Å². The van der Waals surface area contributed by atoms with Gasteiger partial charge < -0.3 is 10.4 Å². The molecule has 0 aliphatic heterocycles. The minimum atomic E-state index is -0.960. The highest BCUT2D eigenvalue weighted by molar-refractivity contribution is 7.80. The summed E-state index contributed by atoms with van der Waals surface area (Å²) in [4.78, 5) is 15.8. The van der Waals surface area contributed by atoms with Crippen LogP contribution in [0.1, 0.15) is 16.8 Å². The Morgan fingerprint density at radius 3 is 2.52 bits per heavy atom. The van der Waals surface area contributed by atoms with Gasteiger partial charge in [-0.25, -0.2) is 4.98 Å². The van der Waals surface area contributed by atoms with Crippen molar-refractivity contribution in [2.75, 3.05) is 0 Å². The van der Waals surface area contributed by atoms with Crippen molar-refractivity contribution in [1.82, 2.24) is 10.3 Å². The fourth-order valence-corrected chi connectivity index (χ4v) is 4.45. The number of aliphatic carboxylic acids is 1. The summed E-state index contributed by atoms with van der Waals surface area (Å²) in [5.74, 6) is -0.960. The molecule has 0 bridgehead atoms. The molecule has 3 aromatic rings. The Morgan fingerprint density at radius 1 is 1.10 bits per heavy atom. The van der Waals surface area contributed by atoms with Gasteiger partial charge in [-0.1, -0.05) is 64.7 Å². The molecule has 0 radical (unpaired) electrons. The molecule has 1 aromatic heterocycles. The zero-order valence-corrected chi connectivity index (χ0v) is 19.2. The molecule has 3 rings (SSSR count). The van der Waals surface area contributed by atoms with Gasteiger partial charge in [-0.15, -0.1) is 11.3 Å². The van der Waals surface area contributed by atoms with Gasteiger partial charge in [-0.2, -0.15) is 0 Å². The minimum absolute atomic E-state index is 0.177. The van der Waals surface area contributed by atoms with Crippen LogP contribution in [0.2, 0.25) is 20.1 Å². The second-order valence-electron chi connectivity index (χ2n) is 5.93. The first-order valence-electron chi connectivity index (χ1n) is 8.13. The SMILES string of the molecule is O=C(O)Cc1csc(-c2c(C(=S)NCc3ccc(Cl)c(Cl)c3)ccc(Cl)c2Cl)n1. The molecule has 150 valence electrons. The lowest BCUT2D eigenvalue weighted by Crippen LogP contribution is -2.22. The number of thiocarbonyl (C=S) groups is 1. The van der Waals surface area contributed by atoms with Crippen LogP contribution in [0.3, 0.4) is 0 Å². The van der Waals surface area contributed by atoms with Gasteiger partial charge >= 0.3 is 5.97 Å². The van der Waals surface area contributed by atoms with Crippen molar-refractivity contribution >= 4 is 80.9 Å². The number of rotatable bonds is 6. The number of halogens is 4. The largest absolute Gasteiger partial charge is 0.481 e. The molecule has 0 aliphatic rings. The van der Waals surface area contributed by atoms with E-state index in [0.717, 1.165) is 5.56 Å². The molecule has 0 saturated heterocycles. The molecule has 2 N–H and O–H groups in total. The topological polar surface area (TPSA) is 62.2 Å². The number of carbonyl (C=O) groups is 1. The van der Waals surface area contributed by atoms with E-state index in [1.807, 2.05) is 6.07 Å². The Balaban J connectivity index is 1.89. The third-order valence-corrected chi connectivity index (χ3v) is 6.69. The first kappa shape index (κ1) is 22.3. The van der Waals surface area contributed by atoms with E-state index in [0.29, 0.717) is 53.5 Å². The Morgan fingerprint density at radius 2 is 1.83 bits per heavy atom. The first-order chi connectivity index (χ1) is 13.8. The highest BCUT2D eigenvalue weighted by Gasteiger charge is 2.19. The monoisotopic (exact) mass is 504 g/mol. The van der Waals surface area contributed by atoms with Crippen LogP contribution < -0.4 is 5.32 Å². The van der Waals surface area contributed by atoms with Crippen LogP contribution in [-0.4, -0.2) is 21.0 Å². The van der Waals surface area contributed by atoms with Gasteiger partial charge in [-0.05, 0) is 29.8 Å². The van der Waals surface area contributed by atoms with Crippen molar-refractivity contribution in [3.63, 3.8) is 0 Å². The number of carboxylic acid groups (broad SMARTS) is 1. The minimum Gasteiger partial charge on any atom is -0.481 e. The lowest BCUT2D eigenvalue weighted by atomic mass is 10.1. The second kappa shape index (κ2) is 9.60. The number of nitrogens with zero attached hydrogens (tertiary/aromatic N) is 1. The third-order valence-electron chi connectivity index (χ3n) is 3.87. The molecule has 0 fully saturated rings. The van der Waals surface area contributed by atoms with Crippen molar-refractivity contribution < 1.29 is 9.90 Å². The normalized spacial score (nSPS) is 10.8. The van der Waals surface area contributed by atoms with Gasteiger partial charge in [0.25, 0.3) is 0 Å². The van der Waals surface area contributed by atoms with Crippen LogP contribution in [0.15, 0.2) is 35.7 Å². The number of hydrogen-bond donors (Lipinski definition) is 2. The number of nitrogens with one attached hydrogen (secondary N) is 1. The van der Waals surface area contributed by atoms with Crippen LogP contribution in [0, 0.1) is 0 Å². The van der Waals surface area contributed by atoms with Gasteiger partial charge in [0.15, 0.2) is 0 Å². The number of thiazole rings is 1. The molecule has 1 heterocycles. The highest BCUT2D eigenvalue weighted by atomic mass is 35.5. The Kier molecular flexibility index (Phi) is 7.37. The molecule has 0 saturated carbocycles. The number of benzene rings is 2. The summed E-state index contributed by atoms with van der Waals surface area (Å²) in [7, 11) is 0. The van der Waals surface area contributed by atoms with E-state index >= 15 is 0 Å².